The van der Waals surface area contributed by atoms with E-state index in [1.807, 2.05) is 31.6 Å². The molecule has 1 amide bonds. The molecule has 2 aromatic heterocycles. The van der Waals surface area contributed by atoms with Gasteiger partial charge in [0.05, 0.1) is 5.69 Å². The zero-order chi connectivity index (χ0) is 12.1. The molecule has 0 unspecified atom stereocenters. The highest BCUT2D eigenvalue weighted by molar-refractivity contribution is 5.91. The number of aromatic amines is 1. The first-order valence-corrected chi connectivity index (χ1v) is 5.31. The van der Waals surface area contributed by atoms with Gasteiger partial charge >= 0.3 is 0 Å². The minimum Gasteiger partial charge on any atom is -0.367 e. The second kappa shape index (κ2) is 5.16. The van der Waals surface area contributed by atoms with Crippen LogP contribution in [0.15, 0.2) is 36.8 Å². The molecule has 0 spiro atoms. The van der Waals surface area contributed by atoms with Crippen molar-refractivity contribution in [3.05, 3.63) is 48.1 Å². The number of rotatable bonds is 4. The lowest BCUT2D eigenvalue weighted by Crippen LogP contribution is -2.19. The fraction of sp³-hybridized carbons (Fsp3) is 0.167. The fourth-order valence-corrected chi connectivity index (χ4v) is 1.43. The molecule has 0 aliphatic rings. The number of carbonyl (C=O) groups is 1. The maximum absolute atomic E-state index is 11.5. The first-order chi connectivity index (χ1) is 8.25. The van der Waals surface area contributed by atoms with Crippen LogP contribution >= 0.6 is 0 Å². The molecule has 5 heteroatoms. The van der Waals surface area contributed by atoms with Crippen LogP contribution in [-0.4, -0.2) is 20.7 Å². The maximum Gasteiger partial charge on any atom is 0.244 e. The summed E-state index contributed by atoms with van der Waals surface area (Å²) in [7, 11) is 1.83. The van der Waals surface area contributed by atoms with E-state index in [2.05, 4.69) is 15.4 Å². The molecule has 0 fully saturated rings. The molecular weight excluding hydrogens is 216 g/mol. The Morgan fingerprint density at radius 3 is 3.12 bits per heavy atom. The molecule has 2 aromatic rings. The Morgan fingerprint density at radius 2 is 2.47 bits per heavy atom. The highest BCUT2D eigenvalue weighted by Crippen LogP contribution is 1.99. The van der Waals surface area contributed by atoms with Crippen LogP contribution in [0.2, 0.25) is 0 Å². The monoisotopic (exact) mass is 230 g/mol. The molecule has 0 aromatic carbocycles. The summed E-state index contributed by atoms with van der Waals surface area (Å²) >= 11 is 0. The Labute approximate surface area is 99.2 Å². The van der Waals surface area contributed by atoms with E-state index in [0.29, 0.717) is 6.54 Å². The van der Waals surface area contributed by atoms with Crippen LogP contribution in [0.3, 0.4) is 0 Å². The molecule has 0 saturated carbocycles. The third kappa shape index (κ3) is 3.07. The van der Waals surface area contributed by atoms with Crippen LogP contribution in [0.4, 0.5) is 0 Å². The summed E-state index contributed by atoms with van der Waals surface area (Å²) in [5.41, 5.74) is 1.94. The summed E-state index contributed by atoms with van der Waals surface area (Å²) < 4.78 is 1.70. The van der Waals surface area contributed by atoms with Gasteiger partial charge in [0.2, 0.25) is 5.91 Å². The van der Waals surface area contributed by atoms with Gasteiger partial charge in [-0.15, -0.1) is 0 Å². The van der Waals surface area contributed by atoms with Crippen molar-refractivity contribution in [1.82, 2.24) is 20.1 Å². The van der Waals surface area contributed by atoms with E-state index < -0.39 is 0 Å². The molecule has 0 saturated heterocycles. The fourth-order valence-electron chi connectivity index (χ4n) is 1.43. The summed E-state index contributed by atoms with van der Waals surface area (Å²) in [4.78, 5) is 14.4. The van der Waals surface area contributed by atoms with Crippen molar-refractivity contribution in [2.24, 2.45) is 7.05 Å². The van der Waals surface area contributed by atoms with E-state index in [-0.39, 0.29) is 5.91 Å². The van der Waals surface area contributed by atoms with Gasteiger partial charge < -0.3 is 10.3 Å². The normalized spacial score (nSPS) is 10.9. The van der Waals surface area contributed by atoms with Crippen molar-refractivity contribution in [2.75, 3.05) is 0 Å². The van der Waals surface area contributed by atoms with Gasteiger partial charge in [0.1, 0.15) is 0 Å². The van der Waals surface area contributed by atoms with E-state index in [1.165, 1.54) is 6.08 Å². The molecule has 2 N–H and O–H groups in total. The van der Waals surface area contributed by atoms with Crippen molar-refractivity contribution < 1.29 is 4.79 Å². The summed E-state index contributed by atoms with van der Waals surface area (Å²) in [6.45, 7) is 0.526. The maximum atomic E-state index is 11.5. The molecule has 0 radical (unpaired) electrons. The minimum atomic E-state index is -0.118. The molecule has 88 valence electrons. The minimum absolute atomic E-state index is 0.118. The van der Waals surface area contributed by atoms with Gasteiger partial charge in [-0.1, -0.05) is 0 Å². The predicted molar refractivity (Wildman–Crippen MR) is 64.9 cm³/mol. The molecule has 0 bridgehead atoms. The number of H-pyrrole nitrogens is 1. The molecule has 5 nitrogen and oxygen atoms in total. The van der Waals surface area contributed by atoms with Gasteiger partial charge in [-0.05, 0) is 23.8 Å². The number of nitrogens with one attached hydrogen (secondary N) is 2. The van der Waals surface area contributed by atoms with Gasteiger partial charge in [0, 0.05) is 38.3 Å². The van der Waals surface area contributed by atoms with Crippen molar-refractivity contribution in [2.45, 2.75) is 6.54 Å². The van der Waals surface area contributed by atoms with Gasteiger partial charge in [-0.2, -0.15) is 5.10 Å². The van der Waals surface area contributed by atoms with Gasteiger partial charge in [0.15, 0.2) is 0 Å². The molecule has 17 heavy (non-hydrogen) atoms. The van der Waals surface area contributed by atoms with E-state index in [9.17, 15) is 4.79 Å². The zero-order valence-electron chi connectivity index (χ0n) is 9.55. The van der Waals surface area contributed by atoms with E-state index in [4.69, 9.17) is 0 Å². The Morgan fingerprint density at radius 1 is 1.59 bits per heavy atom. The van der Waals surface area contributed by atoms with Crippen LogP contribution in [0, 0.1) is 0 Å². The first kappa shape index (κ1) is 11.2. The molecular formula is C12H14N4O. The number of aromatic nitrogens is 3. The number of hydrogen-bond acceptors (Lipinski definition) is 2. The molecule has 2 rings (SSSR count). The quantitative estimate of drug-likeness (QED) is 0.772. The van der Waals surface area contributed by atoms with Crippen molar-refractivity contribution in [3.8, 4) is 0 Å². The Hall–Kier alpha value is -2.30. The second-order valence-electron chi connectivity index (χ2n) is 3.65. The predicted octanol–water partition coefficient (Wildman–Crippen LogP) is 1.08. The number of nitrogens with zero attached hydrogens (tertiary/aromatic N) is 2. The Bertz CT molecular complexity index is 510. The van der Waals surface area contributed by atoms with Gasteiger partial charge in [-0.25, -0.2) is 0 Å². The first-order valence-electron chi connectivity index (χ1n) is 5.31. The van der Waals surface area contributed by atoms with Gasteiger partial charge in [0.25, 0.3) is 0 Å². The van der Waals surface area contributed by atoms with Crippen LogP contribution in [0.25, 0.3) is 6.08 Å². The number of aryl methyl sites for hydroxylation is 1. The third-order valence-corrected chi connectivity index (χ3v) is 2.39. The number of hydrogen-bond donors (Lipinski definition) is 2. The van der Waals surface area contributed by atoms with Crippen LogP contribution in [-0.2, 0) is 18.4 Å². The molecule has 0 aliphatic carbocycles. The summed E-state index contributed by atoms with van der Waals surface area (Å²) in [5, 5.41) is 6.80. The summed E-state index contributed by atoms with van der Waals surface area (Å²) in [6, 6.07) is 3.76. The second-order valence-corrected chi connectivity index (χ2v) is 3.65. The number of amides is 1. The van der Waals surface area contributed by atoms with Crippen molar-refractivity contribution in [3.63, 3.8) is 0 Å². The zero-order valence-corrected chi connectivity index (χ0v) is 9.55. The largest absolute Gasteiger partial charge is 0.367 e. The molecule has 0 aliphatic heterocycles. The van der Waals surface area contributed by atoms with E-state index in [0.717, 1.165) is 11.3 Å². The SMILES string of the molecule is Cn1nccc1/C=C/C(=O)NCc1cc[nH]c1. The Balaban J connectivity index is 1.85. The lowest BCUT2D eigenvalue weighted by molar-refractivity contribution is -0.116. The van der Waals surface area contributed by atoms with E-state index >= 15 is 0 Å². The lowest BCUT2D eigenvalue weighted by atomic mass is 10.3. The van der Waals surface area contributed by atoms with Crippen molar-refractivity contribution in [1.29, 1.82) is 0 Å². The topological polar surface area (TPSA) is 62.7 Å². The van der Waals surface area contributed by atoms with Crippen LogP contribution < -0.4 is 5.32 Å². The Kier molecular flexibility index (Phi) is 3.40. The lowest BCUT2D eigenvalue weighted by Gasteiger charge is -1.99. The number of carbonyl (C=O) groups excluding carboxylic acids is 1. The molecule has 0 atom stereocenters. The summed E-state index contributed by atoms with van der Waals surface area (Å²) in [5.74, 6) is -0.118. The highest BCUT2D eigenvalue weighted by atomic mass is 16.1. The standard InChI is InChI=1S/C12H14N4O/c1-16-11(5-7-15-16)2-3-12(17)14-9-10-4-6-13-8-10/h2-8,13H,9H2,1H3,(H,14,17)/b3-2+. The molecule has 2 heterocycles. The van der Waals surface area contributed by atoms with Gasteiger partial charge in [-0.3, -0.25) is 9.48 Å². The summed E-state index contributed by atoms with van der Waals surface area (Å²) in [6.07, 6.45) is 8.61. The average Bonchev–Trinajstić information content (AvgIpc) is 2.95. The highest BCUT2D eigenvalue weighted by Gasteiger charge is 1.98. The van der Waals surface area contributed by atoms with E-state index in [1.54, 1.807) is 17.0 Å². The third-order valence-electron chi connectivity index (χ3n) is 2.39. The van der Waals surface area contributed by atoms with Crippen LogP contribution in [0.5, 0.6) is 0 Å². The van der Waals surface area contributed by atoms with Crippen molar-refractivity contribution >= 4 is 12.0 Å². The smallest absolute Gasteiger partial charge is 0.244 e. The average molecular weight is 230 g/mol. The van der Waals surface area contributed by atoms with Crippen LogP contribution in [0.1, 0.15) is 11.3 Å².